The van der Waals surface area contributed by atoms with Crippen LogP contribution >= 0.6 is 0 Å². The van der Waals surface area contributed by atoms with E-state index < -0.39 is 0 Å². The highest BCUT2D eigenvalue weighted by Gasteiger charge is 2.15. The van der Waals surface area contributed by atoms with Gasteiger partial charge in [0, 0.05) is 23.7 Å². The van der Waals surface area contributed by atoms with E-state index in [4.69, 9.17) is 0 Å². The summed E-state index contributed by atoms with van der Waals surface area (Å²) in [6, 6.07) is 11.1. The monoisotopic (exact) mass is 303 g/mol. The van der Waals surface area contributed by atoms with Gasteiger partial charge in [-0.3, -0.25) is 14.9 Å². The van der Waals surface area contributed by atoms with E-state index in [1.807, 2.05) is 31.2 Å². The average molecular weight is 303 g/mol. The molecule has 0 bridgehead atoms. The van der Waals surface area contributed by atoms with Crippen molar-refractivity contribution in [2.24, 2.45) is 0 Å². The molecule has 0 fully saturated rings. The Morgan fingerprint density at radius 1 is 1.04 bits per heavy atom. The molecule has 0 spiro atoms. The molecule has 0 aliphatic carbocycles. The molecular formula is C17H13N5O. The van der Waals surface area contributed by atoms with Crippen LogP contribution in [0.2, 0.25) is 0 Å². The minimum absolute atomic E-state index is 0.182. The van der Waals surface area contributed by atoms with Crippen molar-refractivity contribution in [3.8, 4) is 22.5 Å². The van der Waals surface area contributed by atoms with Gasteiger partial charge in [0.1, 0.15) is 0 Å². The zero-order valence-corrected chi connectivity index (χ0v) is 12.4. The van der Waals surface area contributed by atoms with E-state index in [0.717, 1.165) is 22.3 Å². The van der Waals surface area contributed by atoms with E-state index in [9.17, 15) is 4.79 Å². The molecule has 0 saturated carbocycles. The van der Waals surface area contributed by atoms with Crippen LogP contribution in [0.25, 0.3) is 33.5 Å². The summed E-state index contributed by atoms with van der Waals surface area (Å²) in [4.78, 5) is 23.7. The Balaban J connectivity index is 2.06. The van der Waals surface area contributed by atoms with Crippen LogP contribution < -0.4 is 5.56 Å². The topological polar surface area (TPSA) is 87.3 Å². The third-order valence-electron chi connectivity index (χ3n) is 3.74. The Hall–Kier alpha value is -3.28. The molecule has 0 radical (unpaired) electrons. The van der Waals surface area contributed by atoms with Crippen molar-refractivity contribution in [2.45, 2.75) is 6.92 Å². The second kappa shape index (κ2) is 5.17. The first kappa shape index (κ1) is 13.4. The Bertz CT molecular complexity index is 1050. The number of nitrogens with one attached hydrogen (secondary N) is 2. The summed E-state index contributed by atoms with van der Waals surface area (Å²) < 4.78 is 0. The molecule has 0 aliphatic rings. The molecule has 6 nitrogen and oxygen atoms in total. The van der Waals surface area contributed by atoms with Crippen molar-refractivity contribution in [2.75, 3.05) is 0 Å². The molecule has 0 atom stereocenters. The zero-order chi connectivity index (χ0) is 15.8. The zero-order valence-electron chi connectivity index (χ0n) is 12.4. The first-order chi connectivity index (χ1) is 11.2. The largest absolute Gasteiger partial charge is 0.329 e. The van der Waals surface area contributed by atoms with E-state index >= 15 is 0 Å². The highest BCUT2D eigenvalue weighted by atomic mass is 16.1. The van der Waals surface area contributed by atoms with E-state index in [2.05, 4.69) is 25.1 Å². The van der Waals surface area contributed by atoms with Crippen LogP contribution in [0.1, 0.15) is 5.69 Å². The first-order valence-corrected chi connectivity index (χ1v) is 7.19. The summed E-state index contributed by atoms with van der Waals surface area (Å²) in [6.07, 6.45) is 3.34. The van der Waals surface area contributed by atoms with Gasteiger partial charge in [-0.15, -0.1) is 0 Å². The van der Waals surface area contributed by atoms with Crippen LogP contribution in [0, 0.1) is 6.92 Å². The molecule has 0 amide bonds. The number of H-pyrrole nitrogens is 2. The summed E-state index contributed by atoms with van der Waals surface area (Å²) in [5.74, 6) is 0. The van der Waals surface area contributed by atoms with Gasteiger partial charge in [-0.25, -0.2) is 4.98 Å². The molecule has 4 rings (SSSR count). The molecule has 112 valence electrons. The number of aromatic amines is 2. The second-order valence-electron chi connectivity index (χ2n) is 5.23. The molecule has 6 heteroatoms. The lowest BCUT2D eigenvalue weighted by atomic mass is 10.0. The lowest BCUT2D eigenvalue weighted by Gasteiger charge is -2.06. The van der Waals surface area contributed by atoms with Crippen LogP contribution in [0.5, 0.6) is 0 Å². The summed E-state index contributed by atoms with van der Waals surface area (Å²) >= 11 is 0. The predicted molar refractivity (Wildman–Crippen MR) is 87.9 cm³/mol. The third-order valence-corrected chi connectivity index (χ3v) is 3.74. The number of pyridine rings is 3. The van der Waals surface area contributed by atoms with Crippen molar-refractivity contribution in [3.05, 3.63) is 64.8 Å². The number of fused-ring (bicyclic) bond motifs is 1. The van der Waals surface area contributed by atoms with Gasteiger partial charge in [0.2, 0.25) is 0 Å². The van der Waals surface area contributed by atoms with Crippen molar-refractivity contribution in [1.82, 2.24) is 25.1 Å². The van der Waals surface area contributed by atoms with Crippen molar-refractivity contribution >= 4 is 11.0 Å². The summed E-state index contributed by atoms with van der Waals surface area (Å²) in [5, 5.41) is 8.11. The van der Waals surface area contributed by atoms with Crippen LogP contribution in [0.4, 0.5) is 0 Å². The summed E-state index contributed by atoms with van der Waals surface area (Å²) in [5.41, 5.74) is 4.11. The number of nitrogens with zero attached hydrogens (tertiary/aromatic N) is 3. The van der Waals surface area contributed by atoms with Gasteiger partial charge in [0.25, 0.3) is 5.56 Å². The van der Waals surface area contributed by atoms with Crippen molar-refractivity contribution in [1.29, 1.82) is 0 Å². The summed E-state index contributed by atoms with van der Waals surface area (Å²) in [6.45, 7) is 1.94. The van der Waals surface area contributed by atoms with Crippen LogP contribution in [-0.2, 0) is 0 Å². The molecule has 2 N–H and O–H groups in total. The normalized spacial score (nSPS) is 11.0. The molecule has 0 saturated heterocycles. The van der Waals surface area contributed by atoms with Gasteiger partial charge in [0.05, 0.1) is 22.3 Å². The van der Waals surface area contributed by atoms with Crippen LogP contribution in [0.3, 0.4) is 0 Å². The Labute approximate surface area is 131 Å². The highest BCUT2D eigenvalue weighted by Crippen LogP contribution is 2.30. The fourth-order valence-electron chi connectivity index (χ4n) is 2.66. The van der Waals surface area contributed by atoms with Crippen LogP contribution in [-0.4, -0.2) is 25.1 Å². The maximum Gasteiger partial charge on any atom is 0.257 e. The van der Waals surface area contributed by atoms with E-state index in [-0.39, 0.29) is 5.56 Å². The smallest absolute Gasteiger partial charge is 0.257 e. The molecule has 23 heavy (non-hydrogen) atoms. The fraction of sp³-hybridized carbons (Fsp3) is 0.0588. The Morgan fingerprint density at radius 3 is 2.74 bits per heavy atom. The average Bonchev–Trinajstić information content (AvgIpc) is 2.96. The van der Waals surface area contributed by atoms with E-state index in [1.54, 1.807) is 24.5 Å². The third kappa shape index (κ3) is 2.20. The minimum atomic E-state index is -0.182. The number of rotatable bonds is 2. The van der Waals surface area contributed by atoms with Crippen molar-refractivity contribution in [3.63, 3.8) is 0 Å². The van der Waals surface area contributed by atoms with Crippen molar-refractivity contribution < 1.29 is 0 Å². The summed E-state index contributed by atoms with van der Waals surface area (Å²) in [7, 11) is 0. The number of aromatic nitrogens is 5. The van der Waals surface area contributed by atoms with Gasteiger partial charge in [-0.05, 0) is 37.3 Å². The Kier molecular flexibility index (Phi) is 3.01. The maximum absolute atomic E-state index is 12.1. The Morgan fingerprint density at radius 2 is 1.96 bits per heavy atom. The molecule has 0 aromatic carbocycles. The standard InChI is InChI=1S/C17H13N5O/c1-10-15-12(13-6-2-3-7-18-13)9-14(20-16(15)22-21-10)11-5-4-8-19-17(11)23/h2-9H,1H3,(H,19,23)(H,20,21,22). The number of hydrogen-bond donors (Lipinski definition) is 2. The number of hydrogen-bond acceptors (Lipinski definition) is 4. The van der Waals surface area contributed by atoms with E-state index in [1.165, 1.54) is 0 Å². The van der Waals surface area contributed by atoms with Gasteiger partial charge < -0.3 is 4.98 Å². The lowest BCUT2D eigenvalue weighted by molar-refractivity contribution is 1.05. The van der Waals surface area contributed by atoms with E-state index in [0.29, 0.717) is 16.9 Å². The SMILES string of the molecule is Cc1[nH]nc2nc(-c3ccc[nH]c3=O)cc(-c3ccccn3)c12. The highest BCUT2D eigenvalue weighted by molar-refractivity contribution is 5.95. The molecule has 0 aliphatic heterocycles. The van der Waals surface area contributed by atoms with Gasteiger partial charge in [0.15, 0.2) is 5.65 Å². The fourth-order valence-corrected chi connectivity index (χ4v) is 2.66. The molecule has 4 heterocycles. The first-order valence-electron chi connectivity index (χ1n) is 7.19. The maximum atomic E-state index is 12.1. The van der Waals surface area contributed by atoms with Gasteiger partial charge in [-0.1, -0.05) is 6.07 Å². The molecule has 4 aromatic rings. The van der Waals surface area contributed by atoms with Gasteiger partial charge >= 0.3 is 0 Å². The lowest BCUT2D eigenvalue weighted by Crippen LogP contribution is -2.08. The molecular weight excluding hydrogens is 290 g/mol. The predicted octanol–water partition coefficient (Wildman–Crippen LogP) is 2.68. The molecule has 0 unspecified atom stereocenters. The van der Waals surface area contributed by atoms with Crippen LogP contribution in [0.15, 0.2) is 53.6 Å². The quantitative estimate of drug-likeness (QED) is 0.596. The number of aryl methyl sites for hydroxylation is 1. The minimum Gasteiger partial charge on any atom is -0.329 e. The second-order valence-corrected chi connectivity index (χ2v) is 5.23. The molecule has 4 aromatic heterocycles. The van der Waals surface area contributed by atoms with Gasteiger partial charge in [-0.2, -0.15) is 5.10 Å².